The van der Waals surface area contributed by atoms with Crippen molar-refractivity contribution in [3.63, 3.8) is 0 Å². The van der Waals surface area contributed by atoms with Gasteiger partial charge in [-0.2, -0.15) is 0 Å². The van der Waals surface area contributed by atoms with E-state index in [0.29, 0.717) is 30.6 Å². The maximum absolute atomic E-state index is 12.5. The molecule has 0 N–H and O–H groups in total. The van der Waals surface area contributed by atoms with E-state index >= 15 is 0 Å². The molecule has 4 aromatic carbocycles. The van der Waals surface area contributed by atoms with Gasteiger partial charge in [-0.25, -0.2) is 9.79 Å². The lowest BCUT2D eigenvalue weighted by Crippen LogP contribution is -2.05. The van der Waals surface area contributed by atoms with Gasteiger partial charge in [-0.3, -0.25) is 0 Å². The molecule has 0 radical (unpaired) electrons. The number of hydrogen-bond acceptors (Lipinski definition) is 5. The SMILES string of the molecule is CCOc1cc(/C=C2\N=C(c3ccc(-c4ccccc4)cc3)OC2=O)ccc1OCCc1ccccc1. The van der Waals surface area contributed by atoms with Gasteiger partial charge in [-0.15, -0.1) is 0 Å². The third kappa shape index (κ3) is 5.96. The fourth-order valence-corrected chi connectivity index (χ4v) is 4.05. The van der Waals surface area contributed by atoms with Crippen LogP contribution >= 0.6 is 0 Å². The summed E-state index contributed by atoms with van der Waals surface area (Å²) in [6.45, 7) is 2.96. The van der Waals surface area contributed by atoms with Crippen molar-refractivity contribution in [2.45, 2.75) is 13.3 Å². The number of cyclic esters (lactones) is 1. The molecule has 4 aromatic rings. The smallest absolute Gasteiger partial charge is 0.363 e. The molecule has 0 saturated heterocycles. The summed E-state index contributed by atoms with van der Waals surface area (Å²) in [6, 6.07) is 33.7. The Kier molecular flexibility index (Phi) is 7.42. The summed E-state index contributed by atoms with van der Waals surface area (Å²) >= 11 is 0. The molecular formula is C32H27NO4. The third-order valence-corrected chi connectivity index (χ3v) is 5.92. The Balaban J connectivity index is 1.31. The highest BCUT2D eigenvalue weighted by molar-refractivity contribution is 6.13. The number of benzene rings is 4. The molecule has 0 bridgehead atoms. The zero-order valence-corrected chi connectivity index (χ0v) is 20.6. The summed E-state index contributed by atoms with van der Waals surface area (Å²) in [5.41, 5.74) is 5.17. The van der Waals surface area contributed by atoms with E-state index in [1.807, 2.05) is 85.8 Å². The van der Waals surface area contributed by atoms with Crippen LogP contribution in [-0.4, -0.2) is 25.1 Å². The van der Waals surface area contributed by atoms with E-state index in [1.165, 1.54) is 5.56 Å². The molecule has 5 nitrogen and oxygen atoms in total. The van der Waals surface area contributed by atoms with Crippen LogP contribution in [0.4, 0.5) is 0 Å². The molecule has 0 unspecified atom stereocenters. The molecule has 5 heteroatoms. The zero-order chi connectivity index (χ0) is 25.5. The fraction of sp³-hybridized carbons (Fsp3) is 0.125. The predicted molar refractivity (Wildman–Crippen MR) is 146 cm³/mol. The average molecular weight is 490 g/mol. The van der Waals surface area contributed by atoms with Crippen LogP contribution in [0.3, 0.4) is 0 Å². The second kappa shape index (κ2) is 11.4. The van der Waals surface area contributed by atoms with E-state index in [1.54, 1.807) is 6.08 Å². The van der Waals surface area contributed by atoms with Gasteiger partial charge in [-0.05, 0) is 59.5 Å². The van der Waals surface area contributed by atoms with Gasteiger partial charge in [-0.1, -0.05) is 78.9 Å². The van der Waals surface area contributed by atoms with Gasteiger partial charge in [0.25, 0.3) is 0 Å². The standard InChI is InChI=1S/C32H27NO4/c1-2-35-30-22-24(13-18-29(30)36-20-19-23-9-5-3-6-10-23)21-28-32(34)37-31(33-28)27-16-14-26(15-17-27)25-11-7-4-8-12-25/h3-18,21-22H,2,19-20H2,1H3/b28-21-. The maximum atomic E-state index is 12.5. The minimum absolute atomic E-state index is 0.238. The third-order valence-electron chi connectivity index (χ3n) is 5.92. The van der Waals surface area contributed by atoms with Crippen molar-refractivity contribution in [2.24, 2.45) is 4.99 Å². The summed E-state index contributed by atoms with van der Waals surface area (Å²) in [6.07, 6.45) is 2.50. The van der Waals surface area contributed by atoms with Gasteiger partial charge >= 0.3 is 5.97 Å². The van der Waals surface area contributed by atoms with E-state index in [2.05, 4.69) is 29.3 Å². The number of rotatable bonds is 9. The summed E-state index contributed by atoms with van der Waals surface area (Å²) < 4.78 is 17.3. The maximum Gasteiger partial charge on any atom is 0.363 e. The van der Waals surface area contributed by atoms with Crippen LogP contribution in [0.25, 0.3) is 17.2 Å². The lowest BCUT2D eigenvalue weighted by atomic mass is 10.0. The molecule has 0 fully saturated rings. The highest BCUT2D eigenvalue weighted by atomic mass is 16.6. The fourth-order valence-electron chi connectivity index (χ4n) is 4.05. The van der Waals surface area contributed by atoms with Gasteiger partial charge < -0.3 is 14.2 Å². The minimum Gasteiger partial charge on any atom is -0.490 e. The van der Waals surface area contributed by atoms with E-state index in [4.69, 9.17) is 14.2 Å². The van der Waals surface area contributed by atoms with E-state index < -0.39 is 5.97 Å². The van der Waals surface area contributed by atoms with Crippen molar-refractivity contribution in [3.05, 3.63) is 126 Å². The van der Waals surface area contributed by atoms with Crippen molar-refractivity contribution >= 4 is 17.9 Å². The largest absolute Gasteiger partial charge is 0.490 e. The van der Waals surface area contributed by atoms with Crippen molar-refractivity contribution in [3.8, 4) is 22.6 Å². The average Bonchev–Trinajstić information content (AvgIpc) is 3.31. The van der Waals surface area contributed by atoms with Gasteiger partial charge in [0, 0.05) is 12.0 Å². The minimum atomic E-state index is -0.483. The Hall–Kier alpha value is -4.64. The Morgan fingerprint density at radius 1 is 0.757 bits per heavy atom. The molecule has 1 aliphatic heterocycles. The van der Waals surface area contributed by atoms with Crippen LogP contribution in [0.15, 0.2) is 114 Å². The summed E-state index contributed by atoms with van der Waals surface area (Å²) in [4.78, 5) is 17.0. The Labute approximate surface area is 216 Å². The molecule has 0 aliphatic carbocycles. The van der Waals surface area contributed by atoms with E-state index in [0.717, 1.165) is 28.7 Å². The quantitative estimate of drug-likeness (QED) is 0.193. The molecule has 37 heavy (non-hydrogen) atoms. The Morgan fingerprint density at radius 2 is 1.43 bits per heavy atom. The summed E-state index contributed by atoms with van der Waals surface area (Å²) in [7, 11) is 0. The molecule has 0 spiro atoms. The van der Waals surface area contributed by atoms with Crippen molar-refractivity contribution in [1.82, 2.24) is 0 Å². The zero-order valence-electron chi connectivity index (χ0n) is 20.6. The summed E-state index contributed by atoms with van der Waals surface area (Å²) in [5, 5.41) is 0. The first kappa shape index (κ1) is 24.1. The number of nitrogens with zero attached hydrogens (tertiary/aromatic N) is 1. The molecule has 184 valence electrons. The normalized spacial score (nSPS) is 13.8. The lowest BCUT2D eigenvalue weighted by molar-refractivity contribution is -0.129. The molecule has 0 saturated carbocycles. The van der Waals surface area contributed by atoms with Gasteiger partial charge in [0.1, 0.15) is 0 Å². The first-order chi connectivity index (χ1) is 18.2. The van der Waals surface area contributed by atoms with E-state index in [9.17, 15) is 4.79 Å². The summed E-state index contributed by atoms with van der Waals surface area (Å²) in [5.74, 6) is 1.10. The number of carbonyl (C=O) groups is 1. The van der Waals surface area contributed by atoms with Crippen LogP contribution in [0, 0.1) is 0 Å². The number of carbonyl (C=O) groups excluding carboxylic acids is 1. The predicted octanol–water partition coefficient (Wildman–Crippen LogP) is 6.72. The van der Waals surface area contributed by atoms with Gasteiger partial charge in [0.15, 0.2) is 17.2 Å². The van der Waals surface area contributed by atoms with Crippen LogP contribution in [0.1, 0.15) is 23.6 Å². The Bertz CT molecular complexity index is 1430. The van der Waals surface area contributed by atoms with Crippen LogP contribution in [0.5, 0.6) is 11.5 Å². The van der Waals surface area contributed by atoms with Crippen LogP contribution in [0.2, 0.25) is 0 Å². The first-order valence-corrected chi connectivity index (χ1v) is 12.3. The van der Waals surface area contributed by atoms with Crippen LogP contribution in [-0.2, 0) is 16.0 Å². The highest BCUT2D eigenvalue weighted by Crippen LogP contribution is 2.30. The number of ether oxygens (including phenoxy) is 3. The molecule has 0 aromatic heterocycles. The first-order valence-electron chi connectivity index (χ1n) is 12.3. The molecule has 0 atom stereocenters. The molecule has 1 heterocycles. The Morgan fingerprint density at radius 3 is 2.16 bits per heavy atom. The van der Waals surface area contributed by atoms with Gasteiger partial charge in [0.05, 0.1) is 13.2 Å². The van der Waals surface area contributed by atoms with E-state index in [-0.39, 0.29) is 5.70 Å². The monoisotopic (exact) mass is 489 g/mol. The molecular weight excluding hydrogens is 462 g/mol. The lowest BCUT2D eigenvalue weighted by Gasteiger charge is -2.12. The van der Waals surface area contributed by atoms with Crippen molar-refractivity contribution in [2.75, 3.05) is 13.2 Å². The second-order valence-corrected chi connectivity index (χ2v) is 8.50. The number of aliphatic imine (C=N–C) groups is 1. The van der Waals surface area contributed by atoms with Crippen molar-refractivity contribution < 1.29 is 19.0 Å². The second-order valence-electron chi connectivity index (χ2n) is 8.50. The highest BCUT2D eigenvalue weighted by Gasteiger charge is 2.24. The van der Waals surface area contributed by atoms with Crippen LogP contribution < -0.4 is 9.47 Å². The number of hydrogen-bond donors (Lipinski definition) is 0. The number of esters is 1. The topological polar surface area (TPSA) is 57.1 Å². The van der Waals surface area contributed by atoms with Gasteiger partial charge in [0.2, 0.25) is 5.90 Å². The molecule has 5 rings (SSSR count). The molecule has 0 amide bonds. The molecule has 1 aliphatic rings. The van der Waals surface area contributed by atoms with Crippen molar-refractivity contribution in [1.29, 1.82) is 0 Å².